The van der Waals surface area contributed by atoms with Gasteiger partial charge in [-0.1, -0.05) is 18.2 Å². The highest BCUT2D eigenvalue weighted by Crippen LogP contribution is 2.15. The van der Waals surface area contributed by atoms with Crippen LogP contribution < -0.4 is 10.6 Å². The van der Waals surface area contributed by atoms with Crippen molar-refractivity contribution in [1.29, 1.82) is 0 Å². The smallest absolute Gasteiger partial charge is 0.308 e. The number of hydrogen-bond acceptors (Lipinski definition) is 2. The fourth-order valence-electron chi connectivity index (χ4n) is 1.15. The fraction of sp³-hybridized carbons (Fsp3) is 0. The first kappa shape index (κ1) is 9.73. The Hall–Kier alpha value is -1.81. The Balaban J connectivity index is 1.94. The summed E-state index contributed by atoms with van der Waals surface area (Å²) in [5, 5.41) is 8.23. The predicted octanol–water partition coefficient (Wildman–Crippen LogP) is 3.39. The number of anilines is 2. The lowest BCUT2D eigenvalue weighted by Crippen LogP contribution is -2.18. The maximum absolute atomic E-state index is 11.5. The first-order valence-electron chi connectivity index (χ1n) is 4.51. The van der Waals surface area contributed by atoms with E-state index in [2.05, 4.69) is 10.6 Å². The highest BCUT2D eigenvalue weighted by Gasteiger charge is 2.01. The Morgan fingerprint density at radius 3 is 2.47 bits per heavy atom. The zero-order valence-corrected chi connectivity index (χ0v) is 8.75. The molecular formula is C11H10N2OS. The van der Waals surface area contributed by atoms with E-state index in [9.17, 15) is 4.79 Å². The summed E-state index contributed by atoms with van der Waals surface area (Å²) in [6.45, 7) is 0. The van der Waals surface area contributed by atoms with Crippen LogP contribution in [0.25, 0.3) is 0 Å². The molecule has 0 fully saturated rings. The summed E-state index contributed by atoms with van der Waals surface area (Å²) in [7, 11) is 0. The topological polar surface area (TPSA) is 41.1 Å². The third kappa shape index (κ3) is 2.82. The number of carbonyl (C=O) groups is 1. The van der Waals surface area contributed by atoms with Gasteiger partial charge in [-0.15, -0.1) is 11.3 Å². The van der Waals surface area contributed by atoms with Crippen molar-refractivity contribution in [2.75, 3.05) is 10.6 Å². The predicted molar refractivity (Wildman–Crippen MR) is 63.4 cm³/mol. The molecule has 76 valence electrons. The lowest BCUT2D eigenvalue weighted by molar-refractivity contribution is 0.262. The molecule has 0 aliphatic heterocycles. The van der Waals surface area contributed by atoms with Gasteiger partial charge in [-0.3, -0.25) is 5.32 Å². The van der Waals surface area contributed by atoms with Gasteiger partial charge < -0.3 is 5.32 Å². The van der Waals surface area contributed by atoms with Gasteiger partial charge in [-0.05, 0) is 29.6 Å². The van der Waals surface area contributed by atoms with Gasteiger partial charge >= 0.3 is 6.03 Å². The van der Waals surface area contributed by atoms with E-state index < -0.39 is 0 Å². The van der Waals surface area contributed by atoms with Gasteiger partial charge in [0.15, 0.2) is 0 Å². The van der Waals surface area contributed by atoms with E-state index in [4.69, 9.17) is 0 Å². The van der Waals surface area contributed by atoms with Crippen LogP contribution in [0.15, 0.2) is 47.8 Å². The molecule has 0 aliphatic carbocycles. The van der Waals surface area contributed by atoms with E-state index in [-0.39, 0.29) is 6.03 Å². The third-order valence-electron chi connectivity index (χ3n) is 1.79. The van der Waals surface area contributed by atoms with Gasteiger partial charge in [0.25, 0.3) is 0 Å². The zero-order valence-electron chi connectivity index (χ0n) is 7.94. The highest BCUT2D eigenvalue weighted by atomic mass is 32.1. The van der Waals surface area contributed by atoms with Crippen molar-refractivity contribution < 1.29 is 4.79 Å². The second-order valence-corrected chi connectivity index (χ2v) is 3.87. The number of thiophene rings is 1. The molecule has 1 aromatic heterocycles. The van der Waals surface area contributed by atoms with Crippen molar-refractivity contribution in [3.63, 3.8) is 0 Å². The molecule has 1 aromatic carbocycles. The molecule has 0 bridgehead atoms. The van der Waals surface area contributed by atoms with Crippen LogP contribution >= 0.6 is 11.3 Å². The largest absolute Gasteiger partial charge is 0.324 e. The van der Waals surface area contributed by atoms with E-state index in [0.29, 0.717) is 0 Å². The number of benzene rings is 1. The summed E-state index contributed by atoms with van der Waals surface area (Å²) < 4.78 is 0. The van der Waals surface area contributed by atoms with E-state index in [1.165, 1.54) is 11.3 Å². The molecule has 0 spiro atoms. The second kappa shape index (κ2) is 4.61. The molecule has 2 aromatic rings. The van der Waals surface area contributed by atoms with Crippen molar-refractivity contribution in [2.45, 2.75) is 0 Å². The normalized spacial score (nSPS) is 9.60. The van der Waals surface area contributed by atoms with Gasteiger partial charge in [0.1, 0.15) is 0 Å². The third-order valence-corrected chi connectivity index (χ3v) is 2.57. The van der Waals surface area contributed by atoms with Crippen LogP contribution in [0.1, 0.15) is 0 Å². The van der Waals surface area contributed by atoms with Crippen LogP contribution in [0, 0.1) is 0 Å². The monoisotopic (exact) mass is 218 g/mol. The molecule has 0 unspecified atom stereocenters. The maximum Gasteiger partial charge on any atom is 0.324 e. The lowest BCUT2D eigenvalue weighted by Gasteiger charge is -2.04. The summed E-state index contributed by atoms with van der Waals surface area (Å²) >= 11 is 1.49. The number of nitrogens with one attached hydrogen (secondary N) is 2. The molecule has 2 rings (SSSR count). The summed E-state index contributed by atoms with van der Waals surface area (Å²) in [6, 6.07) is 12.9. The average Bonchev–Trinajstić information content (AvgIpc) is 2.71. The summed E-state index contributed by atoms with van der Waals surface area (Å²) in [6.07, 6.45) is 0. The SMILES string of the molecule is O=C(Nc1ccccc1)Nc1cccs1. The molecule has 0 radical (unpaired) electrons. The minimum Gasteiger partial charge on any atom is -0.308 e. The van der Waals surface area contributed by atoms with E-state index >= 15 is 0 Å². The summed E-state index contributed by atoms with van der Waals surface area (Å²) in [4.78, 5) is 11.5. The van der Waals surface area contributed by atoms with Crippen LogP contribution in [-0.4, -0.2) is 6.03 Å². The molecule has 0 saturated carbocycles. The molecule has 15 heavy (non-hydrogen) atoms. The standard InChI is InChI=1S/C11H10N2OS/c14-11(13-10-7-4-8-15-10)12-9-5-2-1-3-6-9/h1-8H,(H2,12,13,14). The Kier molecular flexibility index (Phi) is 2.99. The zero-order chi connectivity index (χ0) is 10.5. The summed E-state index contributed by atoms with van der Waals surface area (Å²) in [5.74, 6) is 0. The summed E-state index contributed by atoms with van der Waals surface area (Å²) in [5.41, 5.74) is 0.784. The van der Waals surface area contributed by atoms with Crippen LogP contribution in [0.2, 0.25) is 0 Å². The van der Waals surface area contributed by atoms with E-state index in [1.54, 1.807) is 0 Å². The number of hydrogen-bond donors (Lipinski definition) is 2. The fourth-order valence-corrected chi connectivity index (χ4v) is 1.76. The Morgan fingerprint density at radius 2 is 1.80 bits per heavy atom. The highest BCUT2D eigenvalue weighted by molar-refractivity contribution is 7.14. The van der Waals surface area contributed by atoms with Crippen LogP contribution in [0.5, 0.6) is 0 Å². The lowest BCUT2D eigenvalue weighted by atomic mass is 10.3. The molecule has 0 atom stereocenters. The van der Waals surface area contributed by atoms with Crippen molar-refractivity contribution in [2.24, 2.45) is 0 Å². The minimum absolute atomic E-state index is 0.219. The first-order chi connectivity index (χ1) is 7.34. The van der Waals surface area contributed by atoms with Crippen molar-refractivity contribution in [3.05, 3.63) is 47.8 Å². The molecule has 3 nitrogen and oxygen atoms in total. The quantitative estimate of drug-likeness (QED) is 0.797. The number of carbonyl (C=O) groups excluding carboxylic acids is 1. The Labute approximate surface area is 91.8 Å². The van der Waals surface area contributed by atoms with Crippen molar-refractivity contribution in [3.8, 4) is 0 Å². The maximum atomic E-state index is 11.5. The molecule has 0 saturated heterocycles. The van der Waals surface area contributed by atoms with E-state index in [0.717, 1.165) is 10.7 Å². The van der Waals surface area contributed by atoms with Crippen LogP contribution in [-0.2, 0) is 0 Å². The first-order valence-corrected chi connectivity index (χ1v) is 5.39. The van der Waals surface area contributed by atoms with Gasteiger partial charge in [-0.2, -0.15) is 0 Å². The molecule has 1 heterocycles. The minimum atomic E-state index is -0.219. The molecule has 4 heteroatoms. The number of para-hydroxylation sites is 1. The number of amides is 2. The molecule has 0 aliphatic rings. The van der Waals surface area contributed by atoms with Gasteiger partial charge in [-0.25, -0.2) is 4.79 Å². The van der Waals surface area contributed by atoms with Gasteiger partial charge in [0.05, 0.1) is 5.00 Å². The van der Waals surface area contributed by atoms with Crippen LogP contribution in [0.3, 0.4) is 0 Å². The van der Waals surface area contributed by atoms with Crippen molar-refractivity contribution >= 4 is 28.1 Å². The number of urea groups is 1. The number of rotatable bonds is 2. The van der Waals surface area contributed by atoms with E-state index in [1.807, 2.05) is 47.8 Å². The van der Waals surface area contributed by atoms with Gasteiger partial charge in [0, 0.05) is 5.69 Å². The second-order valence-electron chi connectivity index (χ2n) is 2.92. The van der Waals surface area contributed by atoms with Crippen molar-refractivity contribution in [1.82, 2.24) is 0 Å². The Bertz CT molecular complexity index is 425. The Morgan fingerprint density at radius 1 is 1.00 bits per heavy atom. The average molecular weight is 218 g/mol. The molecule has 2 amide bonds. The van der Waals surface area contributed by atoms with Crippen LogP contribution in [0.4, 0.5) is 15.5 Å². The van der Waals surface area contributed by atoms with Gasteiger partial charge in [0.2, 0.25) is 0 Å². The molecular weight excluding hydrogens is 208 g/mol. The molecule has 2 N–H and O–H groups in total.